The third-order valence-corrected chi connectivity index (χ3v) is 3.39. The average molecular weight is 305 g/mol. The summed E-state index contributed by atoms with van der Waals surface area (Å²) in [6, 6.07) is 16.9. The number of hydrogen-bond acceptors (Lipinski definition) is 4. The summed E-state index contributed by atoms with van der Waals surface area (Å²) in [6.07, 6.45) is 0.458. The van der Waals surface area contributed by atoms with Gasteiger partial charge in [0.15, 0.2) is 5.96 Å². The van der Waals surface area contributed by atoms with Crippen molar-refractivity contribution in [2.75, 3.05) is 11.1 Å². The van der Waals surface area contributed by atoms with Crippen LogP contribution in [0.1, 0.15) is 0 Å². The normalized spacial score (nSPS) is 10.3. The largest absolute Gasteiger partial charge is 0.399 e. The van der Waals surface area contributed by atoms with Crippen LogP contribution in [0.25, 0.3) is 22.2 Å². The van der Waals surface area contributed by atoms with Gasteiger partial charge in [-0.25, -0.2) is 4.98 Å². The van der Waals surface area contributed by atoms with Crippen molar-refractivity contribution in [2.24, 2.45) is 0 Å². The van der Waals surface area contributed by atoms with E-state index < -0.39 is 0 Å². The van der Waals surface area contributed by atoms with E-state index in [-0.39, 0.29) is 5.96 Å². The van der Waals surface area contributed by atoms with E-state index in [4.69, 9.17) is 11.1 Å². The number of nitrogen functional groups attached to an aromatic ring is 1. The molecule has 0 aliphatic carbocycles. The Labute approximate surface area is 132 Å². The van der Waals surface area contributed by atoms with Crippen LogP contribution in [0.4, 0.5) is 11.4 Å². The smallest absolute Gasteiger partial charge is 0.213 e. The van der Waals surface area contributed by atoms with Crippen LogP contribution in [-0.4, -0.2) is 17.4 Å². The lowest BCUT2D eigenvalue weighted by atomic mass is 10.1. The van der Waals surface area contributed by atoms with E-state index in [0.717, 1.165) is 22.2 Å². The number of amides is 1. The molecule has 0 radical (unpaired) electrons. The molecule has 0 fully saturated rings. The Morgan fingerprint density at radius 3 is 2.61 bits per heavy atom. The molecule has 114 valence electrons. The Morgan fingerprint density at radius 2 is 1.87 bits per heavy atom. The number of carbonyl (C=O) groups excluding carboxylic acids is 1. The molecule has 3 rings (SSSR count). The predicted molar refractivity (Wildman–Crippen MR) is 92.1 cm³/mol. The molecule has 0 spiro atoms. The number of para-hydroxylation sites is 1. The third-order valence-electron chi connectivity index (χ3n) is 3.39. The van der Waals surface area contributed by atoms with E-state index in [1.54, 1.807) is 0 Å². The Balaban J connectivity index is 2.11. The summed E-state index contributed by atoms with van der Waals surface area (Å²) in [5, 5.41) is 13.7. The van der Waals surface area contributed by atoms with Crippen LogP contribution in [0.5, 0.6) is 0 Å². The monoisotopic (exact) mass is 305 g/mol. The number of anilines is 2. The minimum Gasteiger partial charge on any atom is -0.399 e. The number of rotatable bonds is 3. The molecule has 0 saturated heterocycles. The first kappa shape index (κ1) is 14.5. The van der Waals surface area contributed by atoms with Crippen molar-refractivity contribution in [3.8, 4) is 11.3 Å². The van der Waals surface area contributed by atoms with E-state index in [1.165, 1.54) is 0 Å². The molecule has 0 aliphatic heterocycles. The number of aromatic nitrogens is 1. The van der Waals surface area contributed by atoms with Gasteiger partial charge in [-0.1, -0.05) is 30.3 Å². The average Bonchev–Trinajstić information content (AvgIpc) is 2.55. The van der Waals surface area contributed by atoms with E-state index in [2.05, 4.69) is 15.6 Å². The highest BCUT2D eigenvalue weighted by Crippen LogP contribution is 2.28. The first-order chi connectivity index (χ1) is 11.2. The van der Waals surface area contributed by atoms with Crippen LogP contribution < -0.4 is 16.4 Å². The van der Waals surface area contributed by atoms with E-state index in [9.17, 15) is 4.79 Å². The zero-order chi connectivity index (χ0) is 16.2. The molecule has 0 aliphatic rings. The summed E-state index contributed by atoms with van der Waals surface area (Å²) in [7, 11) is 0. The lowest BCUT2D eigenvalue weighted by molar-refractivity contribution is -0.108. The Kier molecular flexibility index (Phi) is 3.88. The third kappa shape index (κ3) is 3.11. The topological polar surface area (TPSA) is 104 Å². The van der Waals surface area contributed by atoms with Crippen molar-refractivity contribution in [3.63, 3.8) is 0 Å². The summed E-state index contributed by atoms with van der Waals surface area (Å²) in [4.78, 5) is 15.1. The Hall–Kier alpha value is -3.41. The van der Waals surface area contributed by atoms with Gasteiger partial charge in [0.2, 0.25) is 6.41 Å². The van der Waals surface area contributed by atoms with E-state index >= 15 is 0 Å². The van der Waals surface area contributed by atoms with Crippen molar-refractivity contribution in [2.45, 2.75) is 0 Å². The molecular formula is C17H15N5O. The van der Waals surface area contributed by atoms with Crippen LogP contribution in [0.15, 0.2) is 54.6 Å². The molecule has 3 aromatic rings. The fourth-order valence-corrected chi connectivity index (χ4v) is 2.31. The van der Waals surface area contributed by atoms with E-state index in [1.807, 2.05) is 54.6 Å². The summed E-state index contributed by atoms with van der Waals surface area (Å²) < 4.78 is 0. The fraction of sp³-hybridized carbons (Fsp3) is 0. The fourth-order valence-electron chi connectivity index (χ4n) is 2.31. The van der Waals surface area contributed by atoms with Crippen molar-refractivity contribution in [1.82, 2.24) is 10.3 Å². The highest BCUT2D eigenvalue weighted by atomic mass is 16.1. The van der Waals surface area contributed by atoms with Gasteiger partial charge in [-0.05, 0) is 24.3 Å². The maximum atomic E-state index is 10.5. The van der Waals surface area contributed by atoms with Gasteiger partial charge in [0.25, 0.3) is 0 Å². The maximum absolute atomic E-state index is 10.5. The molecule has 5 N–H and O–H groups in total. The summed E-state index contributed by atoms with van der Waals surface area (Å²) >= 11 is 0. The molecule has 23 heavy (non-hydrogen) atoms. The molecule has 1 amide bonds. The van der Waals surface area contributed by atoms with Gasteiger partial charge in [0.05, 0.1) is 16.9 Å². The van der Waals surface area contributed by atoms with Crippen LogP contribution in [-0.2, 0) is 4.79 Å². The summed E-state index contributed by atoms with van der Waals surface area (Å²) in [6.45, 7) is 0. The number of nitrogens with one attached hydrogen (secondary N) is 3. The van der Waals surface area contributed by atoms with Crippen LogP contribution >= 0.6 is 0 Å². The Morgan fingerprint density at radius 1 is 1.13 bits per heavy atom. The molecule has 0 atom stereocenters. The number of carbonyl (C=O) groups is 1. The number of hydrogen-bond donors (Lipinski definition) is 4. The highest BCUT2D eigenvalue weighted by molar-refractivity contribution is 6.04. The van der Waals surface area contributed by atoms with Gasteiger partial charge >= 0.3 is 0 Å². The molecular weight excluding hydrogens is 290 g/mol. The second-order valence-corrected chi connectivity index (χ2v) is 4.96. The van der Waals surface area contributed by atoms with Crippen molar-refractivity contribution < 1.29 is 4.79 Å². The second kappa shape index (κ2) is 6.15. The number of nitrogens with two attached hydrogens (primary N) is 1. The molecule has 6 nitrogen and oxygen atoms in total. The van der Waals surface area contributed by atoms with Crippen molar-refractivity contribution >= 4 is 34.6 Å². The number of benzene rings is 2. The van der Waals surface area contributed by atoms with Gasteiger partial charge in [-0.15, -0.1) is 0 Å². The zero-order valence-corrected chi connectivity index (χ0v) is 12.2. The SMILES string of the molecule is N=C(NC=O)Nc1cc(-c2ccc(N)cc2)nc2ccccc12. The second-order valence-electron chi connectivity index (χ2n) is 4.96. The van der Waals surface area contributed by atoms with Crippen molar-refractivity contribution in [1.29, 1.82) is 5.41 Å². The Bertz CT molecular complexity index is 874. The number of fused-ring (bicyclic) bond motifs is 1. The van der Waals surface area contributed by atoms with Crippen LogP contribution in [0.3, 0.4) is 0 Å². The molecule has 0 bridgehead atoms. The number of pyridine rings is 1. The molecule has 6 heteroatoms. The first-order valence-corrected chi connectivity index (χ1v) is 6.99. The summed E-state index contributed by atoms with van der Waals surface area (Å²) in [5.41, 5.74) is 9.57. The standard InChI is InChI=1S/C17H15N5O/c18-12-7-5-11(6-8-12)15-9-16(22-17(19)20-10-23)13-3-1-2-4-14(13)21-15/h1-10H,18H2,(H3,19,20,21,22,23). The van der Waals surface area contributed by atoms with Crippen LogP contribution in [0, 0.1) is 5.41 Å². The number of nitrogens with zero attached hydrogens (tertiary/aromatic N) is 1. The quantitative estimate of drug-likeness (QED) is 0.258. The first-order valence-electron chi connectivity index (χ1n) is 6.99. The lowest BCUT2D eigenvalue weighted by Gasteiger charge is -2.12. The molecule has 1 aromatic heterocycles. The summed E-state index contributed by atoms with van der Waals surface area (Å²) in [5.74, 6) is -0.0976. The lowest BCUT2D eigenvalue weighted by Crippen LogP contribution is -2.28. The highest BCUT2D eigenvalue weighted by Gasteiger charge is 2.08. The zero-order valence-electron chi connectivity index (χ0n) is 12.2. The van der Waals surface area contributed by atoms with Gasteiger partial charge in [-0.2, -0.15) is 0 Å². The molecule has 0 unspecified atom stereocenters. The van der Waals surface area contributed by atoms with E-state index in [0.29, 0.717) is 17.8 Å². The van der Waals surface area contributed by atoms with Crippen LogP contribution in [0.2, 0.25) is 0 Å². The maximum Gasteiger partial charge on any atom is 0.213 e. The van der Waals surface area contributed by atoms with Gasteiger partial charge < -0.3 is 11.1 Å². The van der Waals surface area contributed by atoms with Gasteiger partial charge in [0.1, 0.15) is 0 Å². The molecule has 1 heterocycles. The minimum absolute atomic E-state index is 0.0976. The predicted octanol–water partition coefficient (Wildman–Crippen LogP) is 2.58. The number of guanidine groups is 1. The van der Waals surface area contributed by atoms with Crippen molar-refractivity contribution in [3.05, 3.63) is 54.6 Å². The molecule has 0 saturated carbocycles. The van der Waals surface area contributed by atoms with Gasteiger partial charge in [0, 0.05) is 16.6 Å². The minimum atomic E-state index is -0.0976. The van der Waals surface area contributed by atoms with Gasteiger partial charge in [-0.3, -0.25) is 15.5 Å². The molecule has 2 aromatic carbocycles.